The minimum Gasteiger partial charge on any atom is -0.380 e. The summed E-state index contributed by atoms with van der Waals surface area (Å²) < 4.78 is 0. The maximum atomic E-state index is 4.28. The van der Waals surface area contributed by atoms with Crippen molar-refractivity contribution in [1.82, 2.24) is 4.98 Å². The van der Waals surface area contributed by atoms with E-state index in [1.807, 2.05) is 5.51 Å². The molecule has 0 aliphatic heterocycles. The van der Waals surface area contributed by atoms with Crippen LogP contribution in [0.15, 0.2) is 29.8 Å². The molecular weight excluding hydrogens is 240 g/mol. The van der Waals surface area contributed by atoms with E-state index >= 15 is 0 Å². The van der Waals surface area contributed by atoms with Crippen LogP contribution in [0.1, 0.15) is 36.9 Å². The van der Waals surface area contributed by atoms with Crippen LogP contribution in [0.4, 0.5) is 5.69 Å². The predicted octanol–water partition coefficient (Wildman–Crippen LogP) is 4.36. The van der Waals surface area contributed by atoms with Crippen LogP contribution in [-0.4, -0.2) is 4.98 Å². The number of aromatic nitrogens is 1. The van der Waals surface area contributed by atoms with Gasteiger partial charge in [-0.25, -0.2) is 4.98 Å². The standard InChI is InChI=1S/C15H20N2S/c1-11-14(18-10-17-11)9-16-13-8-6-5-7-12(13)15(2,3)4/h5-8,10,16H,9H2,1-4H3. The van der Waals surface area contributed by atoms with Crippen molar-refractivity contribution in [2.75, 3.05) is 5.32 Å². The van der Waals surface area contributed by atoms with E-state index in [0.29, 0.717) is 0 Å². The highest BCUT2D eigenvalue weighted by Crippen LogP contribution is 2.29. The molecule has 0 saturated heterocycles. The summed E-state index contributed by atoms with van der Waals surface area (Å²) in [5, 5.41) is 3.53. The maximum Gasteiger partial charge on any atom is 0.0798 e. The normalized spacial score (nSPS) is 11.6. The fraction of sp³-hybridized carbons (Fsp3) is 0.400. The van der Waals surface area contributed by atoms with Gasteiger partial charge in [0.05, 0.1) is 17.7 Å². The first-order valence-electron chi connectivity index (χ1n) is 6.21. The highest BCUT2D eigenvalue weighted by molar-refractivity contribution is 7.09. The van der Waals surface area contributed by atoms with Gasteiger partial charge in [0.1, 0.15) is 0 Å². The Kier molecular flexibility index (Phi) is 3.71. The lowest BCUT2D eigenvalue weighted by Gasteiger charge is -2.23. The smallest absolute Gasteiger partial charge is 0.0798 e. The first kappa shape index (κ1) is 13.1. The van der Waals surface area contributed by atoms with Gasteiger partial charge in [-0.2, -0.15) is 0 Å². The van der Waals surface area contributed by atoms with E-state index in [1.165, 1.54) is 16.1 Å². The summed E-state index contributed by atoms with van der Waals surface area (Å²) in [5.74, 6) is 0. The van der Waals surface area contributed by atoms with Gasteiger partial charge in [-0.15, -0.1) is 11.3 Å². The summed E-state index contributed by atoms with van der Waals surface area (Å²) in [4.78, 5) is 5.58. The van der Waals surface area contributed by atoms with Gasteiger partial charge in [-0.3, -0.25) is 0 Å². The van der Waals surface area contributed by atoms with Crippen LogP contribution in [0.25, 0.3) is 0 Å². The van der Waals surface area contributed by atoms with E-state index in [0.717, 1.165) is 12.2 Å². The van der Waals surface area contributed by atoms with Crippen LogP contribution in [0.5, 0.6) is 0 Å². The first-order chi connectivity index (χ1) is 8.48. The van der Waals surface area contributed by atoms with Crippen LogP contribution in [0.3, 0.4) is 0 Å². The molecular formula is C15H20N2S. The van der Waals surface area contributed by atoms with Gasteiger partial charge in [-0.1, -0.05) is 39.0 Å². The average molecular weight is 260 g/mol. The Morgan fingerprint density at radius 1 is 1.22 bits per heavy atom. The molecule has 0 spiro atoms. The van der Waals surface area contributed by atoms with Crippen molar-refractivity contribution in [3.05, 3.63) is 45.9 Å². The molecule has 0 bridgehead atoms. The lowest BCUT2D eigenvalue weighted by molar-refractivity contribution is 0.591. The van der Waals surface area contributed by atoms with Crippen molar-refractivity contribution < 1.29 is 0 Å². The van der Waals surface area contributed by atoms with Gasteiger partial charge in [0.25, 0.3) is 0 Å². The predicted molar refractivity (Wildman–Crippen MR) is 79.3 cm³/mol. The summed E-state index contributed by atoms with van der Waals surface area (Å²) in [6.07, 6.45) is 0. The van der Waals surface area contributed by atoms with Gasteiger partial charge in [0.15, 0.2) is 0 Å². The number of benzene rings is 1. The van der Waals surface area contributed by atoms with Crippen molar-refractivity contribution in [2.45, 2.75) is 39.7 Å². The van der Waals surface area contributed by atoms with Crippen molar-refractivity contribution in [2.24, 2.45) is 0 Å². The number of thiazole rings is 1. The number of hydrogen-bond donors (Lipinski definition) is 1. The third-order valence-corrected chi connectivity index (χ3v) is 3.95. The monoisotopic (exact) mass is 260 g/mol. The summed E-state index contributed by atoms with van der Waals surface area (Å²) >= 11 is 1.71. The zero-order valence-electron chi connectivity index (χ0n) is 11.4. The van der Waals surface area contributed by atoms with E-state index in [9.17, 15) is 0 Å². The molecule has 2 rings (SSSR count). The molecule has 1 N–H and O–H groups in total. The topological polar surface area (TPSA) is 24.9 Å². The molecule has 0 amide bonds. The summed E-state index contributed by atoms with van der Waals surface area (Å²) in [5.41, 5.74) is 5.76. The fourth-order valence-electron chi connectivity index (χ4n) is 1.96. The second-order valence-electron chi connectivity index (χ2n) is 5.51. The molecule has 0 aliphatic rings. The Morgan fingerprint density at radius 3 is 2.56 bits per heavy atom. The number of rotatable bonds is 3. The number of aryl methyl sites for hydroxylation is 1. The van der Waals surface area contributed by atoms with Gasteiger partial charge < -0.3 is 5.32 Å². The molecule has 0 saturated carbocycles. The molecule has 0 fully saturated rings. The van der Waals surface area contributed by atoms with Crippen molar-refractivity contribution in [1.29, 1.82) is 0 Å². The van der Waals surface area contributed by atoms with E-state index in [1.54, 1.807) is 11.3 Å². The molecule has 1 aromatic carbocycles. The minimum atomic E-state index is 0.159. The molecule has 18 heavy (non-hydrogen) atoms. The van der Waals surface area contributed by atoms with Gasteiger partial charge in [-0.05, 0) is 24.0 Å². The van der Waals surface area contributed by atoms with E-state index in [-0.39, 0.29) is 5.41 Å². The molecule has 0 unspecified atom stereocenters. The van der Waals surface area contributed by atoms with Crippen LogP contribution < -0.4 is 5.32 Å². The molecule has 0 atom stereocenters. The van der Waals surface area contributed by atoms with E-state index in [2.05, 4.69) is 62.3 Å². The molecule has 3 heteroatoms. The van der Waals surface area contributed by atoms with Crippen molar-refractivity contribution in [3.8, 4) is 0 Å². The second kappa shape index (κ2) is 5.11. The molecule has 1 heterocycles. The van der Waals surface area contributed by atoms with Crippen molar-refractivity contribution in [3.63, 3.8) is 0 Å². The number of hydrogen-bond acceptors (Lipinski definition) is 3. The molecule has 1 aromatic heterocycles. The van der Waals surface area contributed by atoms with Gasteiger partial charge in [0, 0.05) is 10.6 Å². The number of para-hydroxylation sites is 1. The summed E-state index contributed by atoms with van der Waals surface area (Å²) in [7, 11) is 0. The van der Waals surface area contributed by atoms with Crippen molar-refractivity contribution >= 4 is 17.0 Å². The zero-order chi connectivity index (χ0) is 13.2. The Morgan fingerprint density at radius 2 is 1.94 bits per heavy atom. The third-order valence-electron chi connectivity index (χ3n) is 3.02. The number of nitrogens with one attached hydrogen (secondary N) is 1. The van der Waals surface area contributed by atoms with Gasteiger partial charge >= 0.3 is 0 Å². The molecule has 96 valence electrons. The lowest BCUT2D eigenvalue weighted by Crippen LogP contribution is -2.14. The van der Waals surface area contributed by atoms with Crippen LogP contribution in [0.2, 0.25) is 0 Å². The molecule has 0 radical (unpaired) electrons. The lowest BCUT2D eigenvalue weighted by atomic mass is 9.86. The second-order valence-corrected chi connectivity index (χ2v) is 6.45. The quantitative estimate of drug-likeness (QED) is 0.887. The fourth-order valence-corrected chi connectivity index (χ4v) is 2.68. The number of anilines is 1. The highest BCUT2D eigenvalue weighted by atomic mass is 32.1. The van der Waals surface area contributed by atoms with Gasteiger partial charge in [0.2, 0.25) is 0 Å². The Balaban J connectivity index is 2.17. The highest BCUT2D eigenvalue weighted by Gasteiger charge is 2.17. The molecule has 2 nitrogen and oxygen atoms in total. The average Bonchev–Trinajstić information content (AvgIpc) is 2.71. The van der Waals surface area contributed by atoms with Crippen LogP contribution >= 0.6 is 11.3 Å². The molecule has 2 aromatic rings. The molecule has 0 aliphatic carbocycles. The Bertz CT molecular complexity index is 523. The van der Waals surface area contributed by atoms with Crippen LogP contribution in [-0.2, 0) is 12.0 Å². The minimum absolute atomic E-state index is 0.159. The van der Waals surface area contributed by atoms with E-state index in [4.69, 9.17) is 0 Å². The Hall–Kier alpha value is -1.35. The largest absolute Gasteiger partial charge is 0.380 e. The zero-order valence-corrected chi connectivity index (χ0v) is 12.3. The SMILES string of the molecule is Cc1ncsc1CNc1ccccc1C(C)(C)C. The maximum absolute atomic E-state index is 4.28. The van der Waals surface area contributed by atoms with Crippen LogP contribution in [0, 0.1) is 6.92 Å². The van der Waals surface area contributed by atoms with E-state index < -0.39 is 0 Å². The summed E-state index contributed by atoms with van der Waals surface area (Å²) in [6, 6.07) is 8.53. The third kappa shape index (κ3) is 2.91. The number of nitrogens with zero attached hydrogens (tertiary/aromatic N) is 1. The Labute approximate surface area is 113 Å². The first-order valence-corrected chi connectivity index (χ1v) is 7.09. The summed E-state index contributed by atoms with van der Waals surface area (Å²) in [6.45, 7) is 9.63.